The van der Waals surface area contributed by atoms with Crippen molar-refractivity contribution < 1.29 is 40.3 Å². The highest BCUT2D eigenvalue weighted by molar-refractivity contribution is 5.95. The Bertz CT molecular complexity index is 855. The van der Waals surface area contributed by atoms with E-state index in [1.165, 1.54) is 4.90 Å². The van der Waals surface area contributed by atoms with Crippen LogP contribution in [0.5, 0.6) is 0 Å². The van der Waals surface area contributed by atoms with Crippen LogP contribution in [0.25, 0.3) is 0 Å². The van der Waals surface area contributed by atoms with E-state index < -0.39 is 41.0 Å². The Balaban J connectivity index is 2.01. The highest BCUT2D eigenvalue weighted by atomic mass is 19.4. The molecule has 0 radical (unpaired) electrons. The third kappa shape index (κ3) is 4.58. The van der Waals surface area contributed by atoms with Crippen LogP contribution in [0.2, 0.25) is 0 Å². The highest BCUT2D eigenvalue weighted by Crippen LogP contribution is 2.37. The van der Waals surface area contributed by atoms with Crippen molar-refractivity contribution in [3.8, 4) is 0 Å². The summed E-state index contributed by atoms with van der Waals surface area (Å²) in [7, 11) is 0. The van der Waals surface area contributed by atoms with Gasteiger partial charge in [-0.05, 0) is 30.3 Å². The second kappa shape index (κ2) is 7.74. The molecule has 1 aliphatic heterocycles. The highest BCUT2D eigenvalue weighted by Gasteiger charge is 2.39. The Morgan fingerprint density at radius 2 is 1.69 bits per heavy atom. The molecule has 3 rings (SSSR count). The van der Waals surface area contributed by atoms with Gasteiger partial charge in [0.05, 0.1) is 24.3 Å². The normalized spacial score (nSPS) is 18.2. The van der Waals surface area contributed by atoms with Gasteiger partial charge in [0.25, 0.3) is 5.91 Å². The molecule has 10 heteroatoms. The first-order chi connectivity index (χ1) is 13.5. The van der Waals surface area contributed by atoms with E-state index in [4.69, 9.17) is 9.15 Å². The van der Waals surface area contributed by atoms with Crippen molar-refractivity contribution in [3.63, 3.8) is 0 Å². The maximum Gasteiger partial charge on any atom is 0.416 e. The lowest BCUT2D eigenvalue weighted by Gasteiger charge is -2.34. The molecule has 1 fully saturated rings. The van der Waals surface area contributed by atoms with Gasteiger partial charge in [-0.25, -0.2) is 0 Å². The molecule has 0 spiro atoms. The minimum Gasteiger partial charge on any atom is -0.464 e. The van der Waals surface area contributed by atoms with Crippen molar-refractivity contribution in [2.75, 3.05) is 19.8 Å². The Morgan fingerprint density at radius 3 is 2.21 bits per heavy atom. The summed E-state index contributed by atoms with van der Waals surface area (Å²) >= 11 is 0. The zero-order valence-corrected chi connectivity index (χ0v) is 15.2. The first-order valence-corrected chi connectivity index (χ1v) is 8.77. The number of rotatable bonds is 3. The molecule has 1 aromatic carbocycles. The fourth-order valence-corrected chi connectivity index (χ4v) is 3.09. The Labute approximate surface area is 162 Å². The molecule has 0 aliphatic carbocycles. The summed E-state index contributed by atoms with van der Waals surface area (Å²) in [4.78, 5) is 14.1. The average Bonchev–Trinajstić information content (AvgIpc) is 3.15. The molecule has 2 aromatic rings. The number of benzene rings is 1. The number of carbonyl (C=O) groups excluding carboxylic acids is 1. The van der Waals surface area contributed by atoms with Crippen molar-refractivity contribution in [1.82, 2.24) is 4.90 Å². The second-order valence-electron chi connectivity index (χ2n) is 6.54. The summed E-state index contributed by atoms with van der Waals surface area (Å²) in [5.74, 6) is 0.0404. The predicted molar refractivity (Wildman–Crippen MR) is 89.1 cm³/mol. The van der Waals surface area contributed by atoms with Crippen LogP contribution in [-0.2, 0) is 23.5 Å². The summed E-state index contributed by atoms with van der Waals surface area (Å²) in [6.45, 7) is 1.98. The van der Waals surface area contributed by atoms with Crippen molar-refractivity contribution >= 4 is 5.91 Å². The van der Waals surface area contributed by atoms with Gasteiger partial charge >= 0.3 is 12.4 Å². The van der Waals surface area contributed by atoms with E-state index in [0.29, 0.717) is 30.1 Å². The number of hydrogen-bond acceptors (Lipinski definition) is 3. The number of hydrogen-bond donors (Lipinski definition) is 0. The minimum absolute atomic E-state index is 0.00323. The number of morpholine rings is 1. The molecule has 29 heavy (non-hydrogen) atoms. The molecule has 1 aliphatic rings. The first-order valence-electron chi connectivity index (χ1n) is 8.77. The number of furan rings is 1. The van der Waals surface area contributed by atoms with Gasteiger partial charge in [-0.2, -0.15) is 26.3 Å². The lowest BCUT2D eigenvalue weighted by Crippen LogP contribution is -2.43. The van der Waals surface area contributed by atoms with Gasteiger partial charge < -0.3 is 14.1 Å². The zero-order valence-electron chi connectivity index (χ0n) is 15.2. The predicted octanol–water partition coefficient (Wildman–Crippen LogP) is 5.09. The number of amides is 1. The number of nitrogens with zero attached hydrogens (tertiary/aromatic N) is 1. The van der Waals surface area contributed by atoms with E-state index in [1.807, 2.05) is 6.92 Å². The molecular weight excluding hydrogens is 404 g/mol. The van der Waals surface area contributed by atoms with Gasteiger partial charge in [0.15, 0.2) is 0 Å². The summed E-state index contributed by atoms with van der Waals surface area (Å²) in [6, 6.07) is 3.42. The fraction of sp³-hybridized carbons (Fsp3) is 0.421. The molecule has 1 atom stereocenters. The number of aryl methyl sites for hydroxylation is 1. The molecule has 158 valence electrons. The molecule has 1 saturated heterocycles. The summed E-state index contributed by atoms with van der Waals surface area (Å²) in [6.07, 6.45) is -9.47. The monoisotopic (exact) mass is 421 g/mol. The Morgan fingerprint density at radius 1 is 1.07 bits per heavy atom. The third-order valence-corrected chi connectivity index (χ3v) is 4.58. The molecule has 1 amide bonds. The lowest BCUT2D eigenvalue weighted by atomic mass is 10.0. The van der Waals surface area contributed by atoms with Gasteiger partial charge in [-0.3, -0.25) is 4.79 Å². The SMILES string of the molecule is CCc1ccc([C@@H]2COCCN2C(=O)c2cc(C(F)(F)F)cc(C(F)(F)F)c2)o1. The second-order valence-corrected chi connectivity index (χ2v) is 6.54. The van der Waals surface area contributed by atoms with Gasteiger partial charge in [0.2, 0.25) is 0 Å². The van der Waals surface area contributed by atoms with E-state index in [-0.39, 0.29) is 25.8 Å². The Kier molecular flexibility index (Phi) is 5.66. The molecular formula is C19H17F6NO3. The van der Waals surface area contributed by atoms with Crippen LogP contribution >= 0.6 is 0 Å². The van der Waals surface area contributed by atoms with E-state index >= 15 is 0 Å². The first kappa shape index (κ1) is 21.2. The van der Waals surface area contributed by atoms with Gasteiger partial charge in [-0.1, -0.05) is 6.92 Å². The average molecular weight is 421 g/mol. The molecule has 4 nitrogen and oxygen atoms in total. The van der Waals surface area contributed by atoms with Crippen molar-refractivity contribution in [2.24, 2.45) is 0 Å². The molecule has 0 unspecified atom stereocenters. The van der Waals surface area contributed by atoms with Crippen molar-refractivity contribution in [3.05, 3.63) is 58.5 Å². The van der Waals surface area contributed by atoms with E-state index in [2.05, 4.69) is 0 Å². The number of alkyl halides is 6. The largest absolute Gasteiger partial charge is 0.464 e. The molecule has 0 saturated carbocycles. The van der Waals surface area contributed by atoms with Crippen LogP contribution in [0.15, 0.2) is 34.7 Å². The van der Waals surface area contributed by atoms with Gasteiger partial charge in [0, 0.05) is 18.5 Å². The van der Waals surface area contributed by atoms with Crippen LogP contribution < -0.4 is 0 Å². The van der Waals surface area contributed by atoms with Crippen LogP contribution in [0, 0.1) is 0 Å². The number of carbonyl (C=O) groups is 1. The van der Waals surface area contributed by atoms with E-state index in [9.17, 15) is 31.1 Å². The van der Waals surface area contributed by atoms with E-state index in [0.717, 1.165) is 0 Å². The molecule has 2 heterocycles. The van der Waals surface area contributed by atoms with Crippen LogP contribution in [0.3, 0.4) is 0 Å². The van der Waals surface area contributed by atoms with E-state index in [1.54, 1.807) is 12.1 Å². The standard InChI is InChI=1S/C19H17F6NO3/c1-2-14-3-4-16(29-14)15-10-28-6-5-26(15)17(27)11-7-12(18(20,21)22)9-13(8-11)19(23,24)25/h3-4,7-9,15H,2,5-6,10H2,1H3/t15-/m0/s1. The lowest BCUT2D eigenvalue weighted by molar-refractivity contribution is -0.143. The zero-order chi connectivity index (χ0) is 21.4. The molecule has 1 aromatic heterocycles. The topological polar surface area (TPSA) is 42.7 Å². The van der Waals surface area contributed by atoms with Gasteiger partial charge in [-0.15, -0.1) is 0 Å². The smallest absolute Gasteiger partial charge is 0.416 e. The summed E-state index contributed by atoms with van der Waals surface area (Å²) in [5, 5.41) is 0. The minimum atomic E-state index is -5.03. The van der Waals surface area contributed by atoms with Crippen molar-refractivity contribution in [1.29, 1.82) is 0 Å². The maximum atomic E-state index is 13.1. The van der Waals surface area contributed by atoms with Crippen LogP contribution in [0.4, 0.5) is 26.3 Å². The number of halogens is 6. The third-order valence-electron chi connectivity index (χ3n) is 4.58. The maximum absolute atomic E-state index is 13.1. The van der Waals surface area contributed by atoms with Gasteiger partial charge in [0.1, 0.15) is 17.6 Å². The fourth-order valence-electron chi connectivity index (χ4n) is 3.09. The van der Waals surface area contributed by atoms with Crippen LogP contribution in [0.1, 0.15) is 46.0 Å². The molecule has 0 N–H and O–H groups in total. The molecule has 0 bridgehead atoms. The number of ether oxygens (including phenoxy) is 1. The Hall–Kier alpha value is -2.49. The quantitative estimate of drug-likeness (QED) is 0.649. The van der Waals surface area contributed by atoms with Crippen molar-refractivity contribution in [2.45, 2.75) is 31.7 Å². The summed E-state index contributed by atoms with van der Waals surface area (Å²) in [5.41, 5.74) is -3.76. The van der Waals surface area contributed by atoms with Crippen LogP contribution in [-0.4, -0.2) is 30.6 Å². The summed E-state index contributed by atoms with van der Waals surface area (Å²) < 4.78 is 89.5.